The van der Waals surface area contributed by atoms with Gasteiger partial charge in [-0.15, -0.1) is 0 Å². The van der Waals surface area contributed by atoms with Crippen molar-refractivity contribution in [3.63, 3.8) is 0 Å². The molecule has 0 unspecified atom stereocenters. The van der Waals surface area contributed by atoms with Crippen LogP contribution in [0.2, 0.25) is 0 Å². The third-order valence-electron chi connectivity index (χ3n) is 4.52. The smallest absolute Gasteiger partial charge is 0.162 e. The summed E-state index contributed by atoms with van der Waals surface area (Å²) in [4.78, 5) is 4.46. The summed E-state index contributed by atoms with van der Waals surface area (Å²) in [6.45, 7) is 0. The third-order valence-corrected chi connectivity index (χ3v) is 5.21. The van der Waals surface area contributed by atoms with Crippen molar-refractivity contribution in [2.75, 3.05) is 26.6 Å². The second-order valence-corrected chi connectivity index (χ2v) is 6.95. The highest BCUT2D eigenvalue weighted by molar-refractivity contribution is 7.08. The first kappa shape index (κ1) is 18.1. The number of fused-ring (bicyclic) bond motifs is 1. The molecule has 142 valence electrons. The molecule has 2 aromatic carbocycles. The van der Waals surface area contributed by atoms with E-state index in [0.29, 0.717) is 11.5 Å². The normalized spacial score (nSPS) is 10.7. The van der Waals surface area contributed by atoms with Gasteiger partial charge in [-0.25, -0.2) is 0 Å². The minimum Gasteiger partial charge on any atom is -0.497 e. The van der Waals surface area contributed by atoms with E-state index in [1.54, 1.807) is 38.9 Å². The molecule has 6 heteroatoms. The molecule has 2 aromatic heterocycles. The van der Waals surface area contributed by atoms with Crippen molar-refractivity contribution in [2.45, 2.75) is 0 Å². The molecular weight excluding hydrogens is 372 g/mol. The van der Waals surface area contributed by atoms with Gasteiger partial charge in [0.05, 0.1) is 26.8 Å². The molecule has 2 heterocycles. The molecule has 0 aliphatic rings. The number of hydrogen-bond donors (Lipinski definition) is 1. The summed E-state index contributed by atoms with van der Waals surface area (Å²) in [6, 6.07) is 14.0. The molecule has 0 saturated carbocycles. The maximum absolute atomic E-state index is 5.50. The van der Waals surface area contributed by atoms with Crippen molar-refractivity contribution >= 4 is 33.6 Å². The maximum Gasteiger partial charge on any atom is 0.162 e. The second kappa shape index (κ2) is 7.78. The van der Waals surface area contributed by atoms with E-state index in [4.69, 9.17) is 14.2 Å². The number of pyridine rings is 1. The number of anilines is 2. The lowest BCUT2D eigenvalue weighted by molar-refractivity contribution is 0.356. The number of nitrogens with zero attached hydrogens (tertiary/aromatic N) is 1. The Morgan fingerprint density at radius 3 is 2.39 bits per heavy atom. The van der Waals surface area contributed by atoms with Crippen molar-refractivity contribution in [3.05, 3.63) is 59.4 Å². The van der Waals surface area contributed by atoms with Crippen LogP contribution < -0.4 is 19.5 Å². The lowest BCUT2D eigenvalue weighted by atomic mass is 10.1. The first-order valence-corrected chi connectivity index (χ1v) is 9.65. The molecule has 28 heavy (non-hydrogen) atoms. The van der Waals surface area contributed by atoms with Crippen LogP contribution in [0.5, 0.6) is 17.2 Å². The summed E-state index contributed by atoms with van der Waals surface area (Å²) >= 11 is 1.67. The number of aromatic nitrogens is 1. The van der Waals surface area contributed by atoms with Crippen LogP contribution in [0.15, 0.2) is 59.4 Å². The molecule has 0 amide bonds. The van der Waals surface area contributed by atoms with Crippen LogP contribution in [0, 0.1) is 0 Å². The van der Waals surface area contributed by atoms with Gasteiger partial charge in [0.1, 0.15) is 5.75 Å². The molecular formula is C22H20N2O3S. The summed E-state index contributed by atoms with van der Waals surface area (Å²) in [5.74, 6) is 2.11. The van der Waals surface area contributed by atoms with Crippen LogP contribution >= 0.6 is 11.3 Å². The molecule has 4 rings (SSSR count). The highest BCUT2D eigenvalue weighted by atomic mass is 32.1. The SMILES string of the molecule is COc1cc(Nc2ccnc3cc(OC)c(OC)cc23)cc(-c2ccsc2)c1. The van der Waals surface area contributed by atoms with E-state index in [2.05, 4.69) is 33.2 Å². The van der Waals surface area contributed by atoms with Gasteiger partial charge in [-0.3, -0.25) is 4.98 Å². The highest BCUT2D eigenvalue weighted by Crippen LogP contribution is 2.36. The van der Waals surface area contributed by atoms with Gasteiger partial charge in [0.25, 0.3) is 0 Å². The molecule has 0 aliphatic carbocycles. The van der Waals surface area contributed by atoms with Crippen LogP contribution in [0.3, 0.4) is 0 Å². The Morgan fingerprint density at radius 1 is 0.857 bits per heavy atom. The summed E-state index contributed by atoms with van der Waals surface area (Å²) in [7, 11) is 4.92. The predicted octanol–water partition coefficient (Wildman–Crippen LogP) is 5.73. The fourth-order valence-electron chi connectivity index (χ4n) is 3.12. The van der Waals surface area contributed by atoms with E-state index < -0.39 is 0 Å². The first-order chi connectivity index (χ1) is 13.7. The minimum atomic E-state index is 0.653. The lowest BCUT2D eigenvalue weighted by Gasteiger charge is -2.14. The van der Waals surface area contributed by atoms with Crippen molar-refractivity contribution in [3.8, 4) is 28.4 Å². The zero-order valence-electron chi connectivity index (χ0n) is 15.9. The Bertz CT molecular complexity index is 1110. The predicted molar refractivity (Wildman–Crippen MR) is 114 cm³/mol. The number of hydrogen-bond acceptors (Lipinski definition) is 6. The second-order valence-electron chi connectivity index (χ2n) is 6.17. The molecule has 0 aliphatic heterocycles. The minimum absolute atomic E-state index is 0.653. The Morgan fingerprint density at radius 2 is 1.68 bits per heavy atom. The average molecular weight is 392 g/mol. The largest absolute Gasteiger partial charge is 0.497 e. The quantitative estimate of drug-likeness (QED) is 0.454. The van der Waals surface area contributed by atoms with Gasteiger partial charge in [-0.2, -0.15) is 11.3 Å². The summed E-state index contributed by atoms with van der Waals surface area (Å²) < 4.78 is 16.3. The van der Waals surface area contributed by atoms with Crippen LogP contribution in [-0.2, 0) is 0 Å². The zero-order valence-corrected chi connectivity index (χ0v) is 16.7. The number of thiophene rings is 1. The van der Waals surface area contributed by atoms with Crippen LogP contribution in [0.25, 0.3) is 22.0 Å². The molecule has 1 N–H and O–H groups in total. The van der Waals surface area contributed by atoms with Gasteiger partial charge in [0.2, 0.25) is 0 Å². The molecule has 0 atom stereocenters. The van der Waals surface area contributed by atoms with Gasteiger partial charge in [0.15, 0.2) is 11.5 Å². The summed E-state index contributed by atoms with van der Waals surface area (Å²) in [5.41, 5.74) is 4.94. The summed E-state index contributed by atoms with van der Waals surface area (Å²) in [6.07, 6.45) is 1.77. The molecule has 4 aromatic rings. The zero-order chi connectivity index (χ0) is 19.5. The Kier molecular flexibility index (Phi) is 5.04. The van der Waals surface area contributed by atoms with Crippen LogP contribution in [0.4, 0.5) is 11.4 Å². The Labute approximate surface area is 167 Å². The van der Waals surface area contributed by atoms with E-state index in [0.717, 1.165) is 39.2 Å². The number of ether oxygens (including phenoxy) is 3. The van der Waals surface area contributed by atoms with Gasteiger partial charge in [-0.05, 0) is 52.2 Å². The molecule has 0 spiro atoms. The number of benzene rings is 2. The van der Waals surface area contributed by atoms with E-state index in [1.807, 2.05) is 30.3 Å². The topological polar surface area (TPSA) is 52.6 Å². The Hall–Kier alpha value is -3.25. The standard InChI is InChI=1S/C22H20N2O3S/c1-25-17-9-15(14-5-7-28-13-14)8-16(10-17)24-19-4-6-23-20-12-22(27-3)21(26-2)11-18(19)20/h4-13H,1-3H3,(H,23,24). The highest BCUT2D eigenvalue weighted by Gasteiger charge is 2.11. The van der Waals surface area contributed by atoms with Crippen molar-refractivity contribution < 1.29 is 14.2 Å². The molecule has 0 radical (unpaired) electrons. The van der Waals surface area contributed by atoms with Gasteiger partial charge in [-0.1, -0.05) is 0 Å². The molecule has 0 saturated heterocycles. The fourth-order valence-corrected chi connectivity index (χ4v) is 3.79. The van der Waals surface area contributed by atoms with Crippen LogP contribution in [0.1, 0.15) is 0 Å². The van der Waals surface area contributed by atoms with Crippen LogP contribution in [-0.4, -0.2) is 26.3 Å². The Balaban J connectivity index is 1.79. The van der Waals surface area contributed by atoms with Crippen molar-refractivity contribution in [1.82, 2.24) is 4.98 Å². The van der Waals surface area contributed by atoms with E-state index in [1.165, 1.54) is 0 Å². The number of methoxy groups -OCH3 is 3. The third kappa shape index (κ3) is 3.46. The first-order valence-electron chi connectivity index (χ1n) is 8.71. The van der Waals surface area contributed by atoms with Gasteiger partial charge < -0.3 is 19.5 Å². The van der Waals surface area contributed by atoms with Gasteiger partial charge >= 0.3 is 0 Å². The number of rotatable bonds is 6. The molecule has 0 fully saturated rings. The maximum atomic E-state index is 5.50. The van der Waals surface area contributed by atoms with Gasteiger partial charge in [0, 0.05) is 35.1 Å². The van der Waals surface area contributed by atoms with E-state index in [-0.39, 0.29) is 0 Å². The van der Waals surface area contributed by atoms with E-state index >= 15 is 0 Å². The van der Waals surface area contributed by atoms with E-state index in [9.17, 15) is 0 Å². The van der Waals surface area contributed by atoms with Crippen molar-refractivity contribution in [1.29, 1.82) is 0 Å². The fraction of sp³-hybridized carbons (Fsp3) is 0.136. The summed E-state index contributed by atoms with van der Waals surface area (Å²) in [5, 5.41) is 8.63. The average Bonchev–Trinajstić information content (AvgIpc) is 3.27. The lowest BCUT2D eigenvalue weighted by Crippen LogP contribution is -1.96. The van der Waals surface area contributed by atoms with Crippen molar-refractivity contribution in [2.24, 2.45) is 0 Å². The molecule has 5 nitrogen and oxygen atoms in total. The molecule has 0 bridgehead atoms. The number of nitrogens with one attached hydrogen (secondary N) is 1. The monoisotopic (exact) mass is 392 g/mol.